The number of ether oxygens (including phenoxy) is 3. The highest BCUT2D eigenvalue weighted by atomic mass is 16.5. The van der Waals surface area contributed by atoms with Crippen LogP contribution in [0.2, 0.25) is 0 Å². The van der Waals surface area contributed by atoms with Crippen LogP contribution >= 0.6 is 0 Å². The van der Waals surface area contributed by atoms with Gasteiger partial charge in [0.1, 0.15) is 11.5 Å². The van der Waals surface area contributed by atoms with E-state index in [1.54, 1.807) is 13.2 Å². The van der Waals surface area contributed by atoms with Gasteiger partial charge >= 0.3 is 5.97 Å². The molecular weight excluding hydrogens is 396 g/mol. The fourth-order valence-electron chi connectivity index (χ4n) is 3.51. The molecule has 0 radical (unpaired) electrons. The lowest BCUT2D eigenvalue weighted by atomic mass is 9.97. The molecule has 0 spiro atoms. The Bertz CT molecular complexity index is 877. The van der Waals surface area contributed by atoms with Crippen LogP contribution in [0.15, 0.2) is 47.6 Å². The topological polar surface area (TPSA) is 85.3 Å². The maximum atomic E-state index is 11.7. The van der Waals surface area contributed by atoms with Crippen LogP contribution in [0.4, 0.5) is 0 Å². The first-order valence-electron chi connectivity index (χ1n) is 10.5. The predicted molar refractivity (Wildman–Crippen MR) is 118 cm³/mol. The van der Waals surface area contributed by atoms with E-state index in [0.29, 0.717) is 24.8 Å². The summed E-state index contributed by atoms with van der Waals surface area (Å²) in [7, 11) is 3.21. The Balaban J connectivity index is 1.53. The molecule has 1 fully saturated rings. The molecule has 0 saturated carbocycles. The highest BCUT2D eigenvalue weighted by Crippen LogP contribution is 2.23. The predicted octanol–water partition coefficient (Wildman–Crippen LogP) is 3.23. The molecule has 1 saturated heterocycles. The lowest BCUT2D eigenvalue weighted by Gasteiger charge is -2.33. The van der Waals surface area contributed by atoms with Crippen molar-refractivity contribution in [3.05, 3.63) is 48.2 Å². The summed E-state index contributed by atoms with van der Waals surface area (Å²) in [5, 5.41) is 3.39. The quantitative estimate of drug-likeness (QED) is 0.413. The number of guanidine groups is 1. The van der Waals surface area contributed by atoms with Crippen LogP contribution in [0.3, 0.4) is 0 Å². The number of carbonyl (C=O) groups is 1. The second-order valence-corrected chi connectivity index (χ2v) is 7.19. The fourth-order valence-corrected chi connectivity index (χ4v) is 3.51. The van der Waals surface area contributed by atoms with E-state index in [2.05, 4.69) is 20.2 Å². The summed E-state index contributed by atoms with van der Waals surface area (Å²) >= 11 is 0. The molecule has 3 rings (SSSR count). The van der Waals surface area contributed by atoms with E-state index in [0.717, 1.165) is 43.2 Å². The van der Waals surface area contributed by atoms with Crippen LogP contribution in [0, 0.1) is 5.92 Å². The van der Waals surface area contributed by atoms with E-state index >= 15 is 0 Å². The molecule has 2 aromatic rings. The second-order valence-electron chi connectivity index (χ2n) is 7.19. The number of benzene rings is 1. The van der Waals surface area contributed by atoms with Gasteiger partial charge in [0.2, 0.25) is 5.88 Å². The maximum absolute atomic E-state index is 11.7. The molecule has 0 atom stereocenters. The molecule has 2 heterocycles. The average Bonchev–Trinajstić information content (AvgIpc) is 2.81. The van der Waals surface area contributed by atoms with Gasteiger partial charge in [-0.05, 0) is 55.7 Å². The summed E-state index contributed by atoms with van der Waals surface area (Å²) in [4.78, 5) is 22.6. The van der Waals surface area contributed by atoms with Gasteiger partial charge < -0.3 is 24.4 Å². The number of hydrogen-bond donors (Lipinski definition) is 1. The number of methoxy groups -OCH3 is 1. The van der Waals surface area contributed by atoms with E-state index in [1.165, 1.54) is 7.11 Å². The van der Waals surface area contributed by atoms with Crippen molar-refractivity contribution in [2.24, 2.45) is 10.9 Å². The average molecular weight is 427 g/mol. The number of carbonyl (C=O) groups excluding carboxylic acids is 1. The summed E-state index contributed by atoms with van der Waals surface area (Å²) in [6.45, 7) is 4.70. The Labute approximate surface area is 183 Å². The lowest BCUT2D eigenvalue weighted by Crippen LogP contribution is -2.46. The van der Waals surface area contributed by atoms with Crippen LogP contribution < -0.4 is 14.8 Å². The van der Waals surface area contributed by atoms with Gasteiger partial charge in [-0.1, -0.05) is 0 Å². The minimum Gasteiger partial charge on any atom is -0.494 e. The first-order chi connectivity index (χ1) is 15.1. The molecule has 1 aliphatic heterocycles. The summed E-state index contributed by atoms with van der Waals surface area (Å²) in [5.74, 6) is 2.70. The molecule has 1 aromatic carbocycles. The van der Waals surface area contributed by atoms with Crippen molar-refractivity contribution >= 4 is 11.9 Å². The van der Waals surface area contributed by atoms with E-state index in [-0.39, 0.29) is 11.9 Å². The number of rotatable bonds is 7. The zero-order valence-corrected chi connectivity index (χ0v) is 18.3. The summed E-state index contributed by atoms with van der Waals surface area (Å²) in [6.07, 6.45) is 3.26. The van der Waals surface area contributed by atoms with E-state index in [4.69, 9.17) is 14.2 Å². The maximum Gasteiger partial charge on any atom is 0.308 e. The van der Waals surface area contributed by atoms with Gasteiger partial charge in [0.15, 0.2) is 5.96 Å². The lowest BCUT2D eigenvalue weighted by molar-refractivity contribution is -0.146. The number of piperidine rings is 1. The van der Waals surface area contributed by atoms with Crippen molar-refractivity contribution in [1.29, 1.82) is 0 Å². The van der Waals surface area contributed by atoms with Gasteiger partial charge in [0.25, 0.3) is 0 Å². The first kappa shape index (κ1) is 22.4. The van der Waals surface area contributed by atoms with Crippen LogP contribution in [0.25, 0.3) is 0 Å². The van der Waals surface area contributed by atoms with Crippen LogP contribution in [0.5, 0.6) is 17.4 Å². The number of hydrogen-bond acceptors (Lipinski definition) is 6. The molecule has 1 N–H and O–H groups in total. The molecule has 1 aliphatic rings. The largest absolute Gasteiger partial charge is 0.494 e. The molecule has 8 heteroatoms. The molecule has 8 nitrogen and oxygen atoms in total. The second kappa shape index (κ2) is 11.2. The van der Waals surface area contributed by atoms with Crippen LogP contribution in [-0.4, -0.2) is 55.7 Å². The third-order valence-corrected chi connectivity index (χ3v) is 5.15. The Hall–Kier alpha value is -3.29. The monoisotopic (exact) mass is 426 g/mol. The minimum atomic E-state index is -0.126. The molecule has 31 heavy (non-hydrogen) atoms. The molecule has 0 unspecified atom stereocenters. The Morgan fingerprint density at radius 2 is 1.90 bits per heavy atom. The fraction of sp³-hybridized carbons (Fsp3) is 0.435. The van der Waals surface area contributed by atoms with E-state index < -0.39 is 0 Å². The number of nitrogens with zero attached hydrogens (tertiary/aromatic N) is 3. The summed E-state index contributed by atoms with van der Waals surface area (Å²) in [6, 6.07) is 11.3. The summed E-state index contributed by atoms with van der Waals surface area (Å²) in [5.41, 5.74) is 1.03. The first-order valence-corrected chi connectivity index (χ1v) is 10.5. The van der Waals surface area contributed by atoms with E-state index in [1.807, 2.05) is 43.3 Å². The van der Waals surface area contributed by atoms with Gasteiger partial charge in [0, 0.05) is 38.9 Å². The number of likely N-dealkylation sites (tertiary alicyclic amines) is 1. The Morgan fingerprint density at radius 1 is 1.19 bits per heavy atom. The zero-order valence-electron chi connectivity index (χ0n) is 18.3. The summed E-state index contributed by atoms with van der Waals surface area (Å²) < 4.78 is 16.2. The van der Waals surface area contributed by atoms with E-state index in [9.17, 15) is 4.79 Å². The van der Waals surface area contributed by atoms with Crippen molar-refractivity contribution in [1.82, 2.24) is 15.2 Å². The molecule has 0 aliphatic carbocycles. The van der Waals surface area contributed by atoms with Crippen LogP contribution in [-0.2, 0) is 16.1 Å². The number of nitrogens with one attached hydrogen (secondary N) is 1. The number of aliphatic imine (C=N–C) groups is 1. The molecule has 0 amide bonds. The van der Waals surface area contributed by atoms with Gasteiger partial charge in [-0.15, -0.1) is 0 Å². The van der Waals surface area contributed by atoms with Crippen molar-refractivity contribution < 1.29 is 19.0 Å². The Morgan fingerprint density at radius 3 is 2.55 bits per heavy atom. The molecule has 0 bridgehead atoms. The van der Waals surface area contributed by atoms with Crippen molar-refractivity contribution in [3.63, 3.8) is 0 Å². The highest BCUT2D eigenvalue weighted by Gasteiger charge is 2.26. The number of pyridine rings is 1. The van der Waals surface area contributed by atoms with Gasteiger partial charge in [-0.25, -0.2) is 4.98 Å². The van der Waals surface area contributed by atoms with Gasteiger partial charge in [-0.3, -0.25) is 9.79 Å². The zero-order chi connectivity index (χ0) is 22.1. The van der Waals surface area contributed by atoms with Crippen molar-refractivity contribution in [2.45, 2.75) is 26.3 Å². The normalized spacial score (nSPS) is 14.8. The molecule has 1 aromatic heterocycles. The number of esters is 1. The van der Waals surface area contributed by atoms with Crippen molar-refractivity contribution in [2.75, 3.05) is 33.9 Å². The third-order valence-electron chi connectivity index (χ3n) is 5.15. The molecule has 166 valence electrons. The number of aromatic nitrogens is 1. The highest BCUT2D eigenvalue weighted by molar-refractivity contribution is 5.80. The Kier molecular flexibility index (Phi) is 8.09. The standard InChI is InChI=1S/C23H30N4O4/c1-4-30-19-5-7-20(8-6-19)31-21-15-17(9-12-25-21)16-26-23(24-2)27-13-10-18(11-14-27)22(28)29-3/h5-9,12,15,18H,4,10-11,13-14,16H2,1-3H3,(H,24,26). The third kappa shape index (κ3) is 6.34. The van der Waals surface area contributed by atoms with Crippen molar-refractivity contribution in [3.8, 4) is 17.4 Å². The minimum absolute atomic E-state index is 0.0261. The SMILES string of the molecule is CCOc1ccc(Oc2cc(CNC(=NC)N3CCC(C(=O)OC)CC3)ccn2)cc1. The van der Waals surface area contributed by atoms with Gasteiger partial charge in [-0.2, -0.15) is 0 Å². The van der Waals surface area contributed by atoms with Crippen LogP contribution in [0.1, 0.15) is 25.3 Å². The van der Waals surface area contributed by atoms with Gasteiger partial charge in [0.05, 0.1) is 19.6 Å². The molecular formula is C23H30N4O4. The smallest absolute Gasteiger partial charge is 0.308 e.